The Labute approximate surface area is 146 Å². The number of carbonyl (C=O) groups excluding carboxylic acids is 2. The van der Waals surface area contributed by atoms with E-state index >= 15 is 0 Å². The molecule has 7 nitrogen and oxygen atoms in total. The molecular formula is C18H22N4O3. The Morgan fingerprint density at radius 1 is 1.36 bits per heavy atom. The van der Waals surface area contributed by atoms with Gasteiger partial charge in [-0.25, -0.2) is 0 Å². The van der Waals surface area contributed by atoms with E-state index in [2.05, 4.69) is 10.4 Å². The molecule has 1 aliphatic heterocycles. The lowest BCUT2D eigenvalue weighted by molar-refractivity contribution is -0.133. The second-order valence-corrected chi connectivity index (χ2v) is 6.19. The monoisotopic (exact) mass is 342 g/mol. The Balaban J connectivity index is 1.73. The molecule has 0 aliphatic carbocycles. The average Bonchev–Trinajstić information content (AvgIpc) is 2.96. The number of rotatable bonds is 6. The number of nitrogens with one attached hydrogen (secondary N) is 1. The largest absolute Gasteiger partial charge is 0.396 e. The van der Waals surface area contributed by atoms with Gasteiger partial charge < -0.3 is 15.8 Å². The van der Waals surface area contributed by atoms with Crippen LogP contribution in [0, 0.1) is 0 Å². The van der Waals surface area contributed by atoms with Gasteiger partial charge in [-0.15, -0.1) is 0 Å². The molecule has 3 N–H and O–H groups in total. The normalized spacial score (nSPS) is 20.4. The first-order valence-electron chi connectivity index (χ1n) is 8.32. The summed E-state index contributed by atoms with van der Waals surface area (Å²) in [5, 5.41) is 7.36. The molecule has 1 fully saturated rings. The Bertz CT molecular complexity index is 757. The van der Waals surface area contributed by atoms with Crippen molar-refractivity contribution in [2.75, 3.05) is 18.9 Å². The Hall–Kier alpha value is -2.51. The number of anilines is 1. The van der Waals surface area contributed by atoms with E-state index in [4.69, 9.17) is 10.5 Å². The highest BCUT2D eigenvalue weighted by atomic mass is 16.5. The fourth-order valence-electron chi connectivity index (χ4n) is 3.02. The number of ketones is 2. The lowest BCUT2D eigenvalue weighted by Crippen LogP contribution is -2.50. The predicted molar refractivity (Wildman–Crippen MR) is 93.3 cm³/mol. The maximum absolute atomic E-state index is 12.7. The molecule has 2 atom stereocenters. The minimum atomic E-state index is -0.607. The summed E-state index contributed by atoms with van der Waals surface area (Å²) in [6.45, 7) is 3.46. The summed E-state index contributed by atoms with van der Waals surface area (Å²) in [5.74, 6) is -0.575. The van der Waals surface area contributed by atoms with Crippen LogP contribution in [-0.4, -0.2) is 46.6 Å². The van der Waals surface area contributed by atoms with Crippen molar-refractivity contribution in [3.05, 3.63) is 47.8 Å². The lowest BCUT2D eigenvalue weighted by Gasteiger charge is -2.29. The molecule has 0 amide bonds. The molecule has 132 valence electrons. The van der Waals surface area contributed by atoms with Gasteiger partial charge in [0.15, 0.2) is 11.6 Å². The van der Waals surface area contributed by atoms with Gasteiger partial charge in [-0.3, -0.25) is 14.3 Å². The number of nitrogen functional groups attached to an aromatic ring is 1. The molecule has 2 aromatic rings. The Morgan fingerprint density at radius 3 is 2.84 bits per heavy atom. The number of aromatic nitrogens is 2. The molecule has 1 aromatic carbocycles. The molecular weight excluding hydrogens is 320 g/mol. The van der Waals surface area contributed by atoms with Crippen LogP contribution in [0.3, 0.4) is 0 Å². The first-order valence-corrected chi connectivity index (χ1v) is 8.32. The van der Waals surface area contributed by atoms with Gasteiger partial charge in [0.2, 0.25) is 0 Å². The zero-order valence-electron chi connectivity index (χ0n) is 14.1. The van der Waals surface area contributed by atoms with Crippen LogP contribution in [0.4, 0.5) is 5.69 Å². The molecule has 1 aromatic heterocycles. The first-order chi connectivity index (χ1) is 12.1. The minimum Gasteiger partial charge on any atom is -0.396 e. The van der Waals surface area contributed by atoms with Crippen LogP contribution in [0.2, 0.25) is 0 Å². The van der Waals surface area contributed by atoms with Crippen molar-refractivity contribution in [1.82, 2.24) is 15.1 Å². The van der Waals surface area contributed by atoms with E-state index in [0.29, 0.717) is 19.7 Å². The molecule has 3 rings (SSSR count). The third kappa shape index (κ3) is 3.94. The third-order valence-electron chi connectivity index (χ3n) is 4.28. The van der Waals surface area contributed by atoms with Gasteiger partial charge >= 0.3 is 0 Å². The molecule has 0 radical (unpaired) electrons. The number of morpholine rings is 1. The van der Waals surface area contributed by atoms with Crippen LogP contribution in [0.15, 0.2) is 36.5 Å². The van der Waals surface area contributed by atoms with Crippen molar-refractivity contribution in [3.63, 3.8) is 0 Å². The molecule has 1 aliphatic rings. The third-order valence-corrected chi connectivity index (χ3v) is 4.28. The maximum Gasteiger partial charge on any atom is 0.190 e. The molecule has 2 heterocycles. The smallest absolute Gasteiger partial charge is 0.190 e. The minimum absolute atomic E-state index is 0.111. The second-order valence-electron chi connectivity index (χ2n) is 6.19. The van der Waals surface area contributed by atoms with Crippen LogP contribution in [0.1, 0.15) is 29.4 Å². The van der Waals surface area contributed by atoms with Gasteiger partial charge in [0.05, 0.1) is 31.5 Å². The summed E-state index contributed by atoms with van der Waals surface area (Å²) in [7, 11) is 0. The number of Topliss-reactive ketones (excluding diaryl/α,β-unsaturated/α-hetero) is 2. The van der Waals surface area contributed by atoms with Crippen LogP contribution < -0.4 is 11.1 Å². The summed E-state index contributed by atoms with van der Waals surface area (Å²) >= 11 is 0. The fraction of sp³-hybridized carbons (Fsp3) is 0.389. The van der Waals surface area contributed by atoms with Gasteiger partial charge in [-0.2, -0.15) is 5.10 Å². The molecule has 0 bridgehead atoms. The van der Waals surface area contributed by atoms with E-state index in [9.17, 15) is 9.59 Å². The number of hydrogen-bond acceptors (Lipinski definition) is 6. The number of hydrogen-bond donors (Lipinski definition) is 2. The predicted octanol–water partition coefficient (Wildman–Crippen LogP) is 1.03. The highest BCUT2D eigenvalue weighted by Crippen LogP contribution is 2.17. The number of benzene rings is 1. The van der Waals surface area contributed by atoms with Crippen molar-refractivity contribution in [1.29, 1.82) is 0 Å². The van der Waals surface area contributed by atoms with Crippen molar-refractivity contribution in [3.8, 4) is 0 Å². The van der Waals surface area contributed by atoms with Crippen LogP contribution in [-0.2, 0) is 16.1 Å². The van der Waals surface area contributed by atoms with E-state index in [-0.39, 0.29) is 35.4 Å². The first kappa shape index (κ1) is 17.3. The van der Waals surface area contributed by atoms with Crippen molar-refractivity contribution < 1.29 is 14.3 Å². The Kier molecular flexibility index (Phi) is 5.25. The Morgan fingerprint density at radius 2 is 2.12 bits per heavy atom. The lowest BCUT2D eigenvalue weighted by atomic mass is 10.0. The standard InChI is InChI=1S/C18H22N4O3/c1-12-18(25-8-7-20-12)16(24)9-15(23)17-14(19)10-21-22(17)11-13-5-3-2-4-6-13/h2-6,10,12,18,20H,7-9,11,19H2,1H3/t12?,18-/m1/s1. The highest BCUT2D eigenvalue weighted by Gasteiger charge is 2.31. The summed E-state index contributed by atoms with van der Waals surface area (Å²) < 4.78 is 7.05. The van der Waals surface area contributed by atoms with E-state index < -0.39 is 6.10 Å². The number of carbonyl (C=O) groups is 2. The molecule has 0 spiro atoms. The van der Waals surface area contributed by atoms with E-state index in [1.807, 2.05) is 37.3 Å². The summed E-state index contributed by atoms with van der Waals surface area (Å²) in [6.07, 6.45) is 0.591. The number of nitrogens with zero attached hydrogens (tertiary/aromatic N) is 2. The van der Waals surface area contributed by atoms with Gasteiger partial charge in [0.1, 0.15) is 11.8 Å². The van der Waals surface area contributed by atoms with Gasteiger partial charge in [-0.1, -0.05) is 30.3 Å². The molecule has 0 saturated carbocycles. The maximum atomic E-state index is 12.7. The fourth-order valence-corrected chi connectivity index (χ4v) is 3.02. The molecule has 1 saturated heterocycles. The summed E-state index contributed by atoms with van der Waals surface area (Å²) in [4.78, 5) is 25.1. The summed E-state index contributed by atoms with van der Waals surface area (Å²) in [5.41, 5.74) is 7.47. The molecule has 7 heteroatoms. The van der Waals surface area contributed by atoms with Crippen LogP contribution >= 0.6 is 0 Å². The van der Waals surface area contributed by atoms with Crippen molar-refractivity contribution in [2.24, 2.45) is 0 Å². The zero-order chi connectivity index (χ0) is 17.8. The molecule has 1 unspecified atom stereocenters. The van der Waals surface area contributed by atoms with E-state index in [1.165, 1.54) is 6.20 Å². The van der Waals surface area contributed by atoms with E-state index in [0.717, 1.165) is 5.56 Å². The SMILES string of the molecule is CC1NCCO[C@H]1C(=O)CC(=O)c1c(N)cnn1Cc1ccccc1. The summed E-state index contributed by atoms with van der Waals surface area (Å²) in [6, 6.07) is 9.54. The zero-order valence-corrected chi connectivity index (χ0v) is 14.1. The van der Waals surface area contributed by atoms with Gasteiger partial charge in [0, 0.05) is 12.6 Å². The number of nitrogens with two attached hydrogens (primary N) is 1. The second kappa shape index (κ2) is 7.58. The van der Waals surface area contributed by atoms with Crippen molar-refractivity contribution in [2.45, 2.75) is 32.0 Å². The highest BCUT2D eigenvalue weighted by molar-refractivity contribution is 6.10. The van der Waals surface area contributed by atoms with Gasteiger partial charge in [0.25, 0.3) is 0 Å². The van der Waals surface area contributed by atoms with Crippen molar-refractivity contribution >= 4 is 17.3 Å². The number of ether oxygens (including phenoxy) is 1. The quantitative estimate of drug-likeness (QED) is 0.601. The van der Waals surface area contributed by atoms with E-state index in [1.54, 1.807) is 4.68 Å². The average molecular weight is 342 g/mol. The molecule has 25 heavy (non-hydrogen) atoms. The topological polar surface area (TPSA) is 99.2 Å². The van der Waals surface area contributed by atoms with Crippen LogP contribution in [0.5, 0.6) is 0 Å². The van der Waals surface area contributed by atoms with Crippen LogP contribution in [0.25, 0.3) is 0 Å². The van der Waals surface area contributed by atoms with Gasteiger partial charge in [-0.05, 0) is 12.5 Å².